The second-order valence-corrected chi connectivity index (χ2v) is 9.23. The lowest BCUT2D eigenvalue weighted by atomic mass is 9.92. The van der Waals surface area contributed by atoms with E-state index >= 15 is 0 Å². The molecular weight excluding hydrogens is 464 g/mol. The van der Waals surface area contributed by atoms with Crippen molar-refractivity contribution >= 4 is 28.9 Å². The van der Waals surface area contributed by atoms with E-state index in [0.717, 1.165) is 53.9 Å². The smallest absolute Gasteiger partial charge is 0.255 e. The summed E-state index contributed by atoms with van der Waals surface area (Å²) >= 11 is 0. The van der Waals surface area contributed by atoms with Crippen molar-refractivity contribution in [1.29, 1.82) is 0 Å². The Hall–Kier alpha value is -3.68. The summed E-state index contributed by atoms with van der Waals surface area (Å²) < 4.78 is 5.43. The summed E-state index contributed by atoms with van der Waals surface area (Å²) in [6.07, 6.45) is 1.57. The van der Waals surface area contributed by atoms with Crippen molar-refractivity contribution in [2.75, 3.05) is 41.8 Å². The molecule has 3 aromatic rings. The number of nitrogens with one attached hydrogen (secondary N) is 2. The third-order valence-electron chi connectivity index (χ3n) is 6.93. The SMILES string of the molecule is CCc1c(CN)ccc(C(=O)Nc2cc(NC(=O)c3cccc(N4CCOCC4)c3)ccc2C)c1CC. The number of hydrogen-bond donors (Lipinski definition) is 3. The van der Waals surface area contributed by atoms with Crippen LogP contribution in [0.4, 0.5) is 17.1 Å². The van der Waals surface area contributed by atoms with Gasteiger partial charge in [0, 0.05) is 47.8 Å². The molecule has 1 fully saturated rings. The van der Waals surface area contributed by atoms with Gasteiger partial charge in [0.2, 0.25) is 0 Å². The number of carbonyl (C=O) groups excluding carboxylic acids is 2. The van der Waals surface area contributed by atoms with E-state index in [0.29, 0.717) is 42.3 Å². The van der Waals surface area contributed by atoms with Crippen LogP contribution in [0.2, 0.25) is 0 Å². The van der Waals surface area contributed by atoms with Gasteiger partial charge in [0.1, 0.15) is 0 Å². The molecule has 0 unspecified atom stereocenters. The van der Waals surface area contributed by atoms with Gasteiger partial charge in [-0.3, -0.25) is 9.59 Å². The standard InChI is InChI=1S/C30H36N4O3/c1-4-25-22(19-31)10-12-27(26(25)5-2)30(36)33-28-18-23(11-9-20(28)3)32-29(35)21-7-6-8-24(17-21)34-13-15-37-16-14-34/h6-12,17-18H,4-5,13-16,19,31H2,1-3H3,(H,32,35)(H,33,36). The minimum atomic E-state index is -0.200. The molecule has 3 aromatic carbocycles. The van der Waals surface area contributed by atoms with Crippen LogP contribution in [0, 0.1) is 6.92 Å². The summed E-state index contributed by atoms with van der Waals surface area (Å²) in [7, 11) is 0. The number of nitrogens with zero attached hydrogens (tertiary/aromatic N) is 1. The highest BCUT2D eigenvalue weighted by molar-refractivity contribution is 6.07. The Kier molecular flexibility index (Phi) is 8.58. The summed E-state index contributed by atoms with van der Waals surface area (Å²) in [5, 5.41) is 6.03. The minimum Gasteiger partial charge on any atom is -0.378 e. The monoisotopic (exact) mass is 500 g/mol. The molecule has 194 valence electrons. The molecule has 7 heteroatoms. The Labute approximate surface area is 219 Å². The van der Waals surface area contributed by atoms with Crippen LogP contribution in [0.1, 0.15) is 56.8 Å². The first kappa shape index (κ1) is 26.4. The number of carbonyl (C=O) groups is 2. The van der Waals surface area contributed by atoms with Gasteiger partial charge in [-0.15, -0.1) is 0 Å². The van der Waals surface area contributed by atoms with Crippen LogP contribution in [-0.4, -0.2) is 38.1 Å². The van der Waals surface area contributed by atoms with Crippen LogP contribution < -0.4 is 21.3 Å². The zero-order chi connectivity index (χ0) is 26.4. The predicted octanol–water partition coefficient (Wildman–Crippen LogP) is 4.92. The summed E-state index contributed by atoms with van der Waals surface area (Å²) in [4.78, 5) is 28.6. The fraction of sp³-hybridized carbons (Fsp3) is 0.333. The molecule has 4 rings (SSSR count). The van der Waals surface area contributed by atoms with E-state index in [1.165, 1.54) is 0 Å². The van der Waals surface area contributed by atoms with Gasteiger partial charge in [0.15, 0.2) is 0 Å². The van der Waals surface area contributed by atoms with Gasteiger partial charge in [-0.1, -0.05) is 32.0 Å². The summed E-state index contributed by atoms with van der Waals surface area (Å²) in [6.45, 7) is 9.51. The van der Waals surface area contributed by atoms with E-state index in [1.54, 1.807) is 12.1 Å². The van der Waals surface area contributed by atoms with E-state index in [2.05, 4.69) is 29.4 Å². The maximum Gasteiger partial charge on any atom is 0.255 e. The Balaban J connectivity index is 1.52. The topological polar surface area (TPSA) is 96.7 Å². The Morgan fingerprint density at radius 1 is 0.919 bits per heavy atom. The number of morpholine rings is 1. The third kappa shape index (κ3) is 6.01. The molecule has 1 saturated heterocycles. The van der Waals surface area contributed by atoms with Crippen molar-refractivity contribution in [1.82, 2.24) is 0 Å². The van der Waals surface area contributed by atoms with Gasteiger partial charge >= 0.3 is 0 Å². The van der Waals surface area contributed by atoms with E-state index in [1.807, 2.05) is 49.4 Å². The van der Waals surface area contributed by atoms with E-state index < -0.39 is 0 Å². The van der Waals surface area contributed by atoms with E-state index in [4.69, 9.17) is 10.5 Å². The quantitative estimate of drug-likeness (QED) is 0.408. The Morgan fingerprint density at radius 2 is 1.68 bits per heavy atom. The van der Waals surface area contributed by atoms with Gasteiger partial charge in [-0.25, -0.2) is 0 Å². The van der Waals surface area contributed by atoms with Gasteiger partial charge in [-0.2, -0.15) is 0 Å². The number of anilines is 3. The van der Waals surface area contributed by atoms with Crippen LogP contribution in [0.15, 0.2) is 54.6 Å². The van der Waals surface area contributed by atoms with Crippen molar-refractivity contribution in [3.8, 4) is 0 Å². The lowest BCUT2D eigenvalue weighted by Crippen LogP contribution is -2.36. The average Bonchev–Trinajstić information content (AvgIpc) is 2.94. The fourth-order valence-corrected chi connectivity index (χ4v) is 4.88. The number of hydrogen-bond acceptors (Lipinski definition) is 5. The zero-order valence-corrected chi connectivity index (χ0v) is 21.9. The van der Waals surface area contributed by atoms with Crippen molar-refractivity contribution in [3.05, 3.63) is 88.0 Å². The maximum absolute atomic E-state index is 13.3. The van der Waals surface area contributed by atoms with E-state index in [-0.39, 0.29) is 11.8 Å². The zero-order valence-electron chi connectivity index (χ0n) is 21.9. The van der Waals surface area contributed by atoms with Crippen LogP contribution in [0.25, 0.3) is 0 Å². The normalized spacial score (nSPS) is 13.4. The number of amides is 2. The first-order chi connectivity index (χ1) is 17.9. The van der Waals surface area contributed by atoms with Crippen molar-refractivity contribution in [3.63, 3.8) is 0 Å². The van der Waals surface area contributed by atoms with Gasteiger partial charge < -0.3 is 26.0 Å². The van der Waals surface area contributed by atoms with Crippen LogP contribution in [0.5, 0.6) is 0 Å². The van der Waals surface area contributed by atoms with Crippen molar-refractivity contribution < 1.29 is 14.3 Å². The summed E-state index contributed by atoms with van der Waals surface area (Å²) in [5.41, 5.74) is 13.6. The number of aryl methyl sites for hydroxylation is 1. The molecule has 37 heavy (non-hydrogen) atoms. The van der Waals surface area contributed by atoms with Crippen LogP contribution in [-0.2, 0) is 24.1 Å². The van der Waals surface area contributed by atoms with Crippen LogP contribution >= 0.6 is 0 Å². The lowest BCUT2D eigenvalue weighted by molar-refractivity contribution is 0.101. The molecular formula is C30H36N4O3. The highest BCUT2D eigenvalue weighted by atomic mass is 16.5. The van der Waals surface area contributed by atoms with Crippen LogP contribution in [0.3, 0.4) is 0 Å². The first-order valence-electron chi connectivity index (χ1n) is 12.9. The number of rotatable bonds is 8. The Morgan fingerprint density at radius 3 is 2.38 bits per heavy atom. The van der Waals surface area contributed by atoms with Gasteiger partial charge in [0.25, 0.3) is 11.8 Å². The molecule has 7 nitrogen and oxygen atoms in total. The summed E-state index contributed by atoms with van der Waals surface area (Å²) in [6, 6.07) is 17.0. The first-order valence-corrected chi connectivity index (χ1v) is 12.9. The molecule has 0 bridgehead atoms. The average molecular weight is 501 g/mol. The molecule has 0 saturated carbocycles. The fourth-order valence-electron chi connectivity index (χ4n) is 4.88. The van der Waals surface area contributed by atoms with Gasteiger partial charge in [-0.05, 0) is 78.4 Å². The number of nitrogens with two attached hydrogens (primary N) is 1. The highest BCUT2D eigenvalue weighted by Crippen LogP contribution is 2.26. The van der Waals surface area contributed by atoms with E-state index in [9.17, 15) is 9.59 Å². The second-order valence-electron chi connectivity index (χ2n) is 9.23. The molecule has 1 aliphatic rings. The molecule has 4 N–H and O–H groups in total. The molecule has 0 spiro atoms. The van der Waals surface area contributed by atoms with Gasteiger partial charge in [0.05, 0.1) is 13.2 Å². The molecule has 1 heterocycles. The molecule has 0 aliphatic carbocycles. The molecule has 0 radical (unpaired) electrons. The third-order valence-corrected chi connectivity index (χ3v) is 6.93. The molecule has 1 aliphatic heterocycles. The molecule has 0 aromatic heterocycles. The molecule has 2 amide bonds. The Bertz CT molecular complexity index is 1280. The summed E-state index contributed by atoms with van der Waals surface area (Å²) in [5.74, 6) is -0.366. The minimum absolute atomic E-state index is 0.167. The highest BCUT2D eigenvalue weighted by Gasteiger charge is 2.18. The largest absolute Gasteiger partial charge is 0.378 e. The van der Waals surface area contributed by atoms with Crippen molar-refractivity contribution in [2.24, 2.45) is 5.73 Å². The molecule has 0 atom stereocenters. The number of benzene rings is 3. The second kappa shape index (κ2) is 12.0. The predicted molar refractivity (Wildman–Crippen MR) is 150 cm³/mol. The lowest BCUT2D eigenvalue weighted by Gasteiger charge is -2.29. The number of ether oxygens (including phenoxy) is 1. The maximum atomic E-state index is 13.3. The van der Waals surface area contributed by atoms with Crippen molar-refractivity contribution in [2.45, 2.75) is 40.2 Å².